The zero-order chi connectivity index (χ0) is 11.5. The number of hydrogen-bond acceptors (Lipinski definition) is 4. The topological polar surface area (TPSA) is 51.8 Å². The van der Waals surface area contributed by atoms with Crippen molar-refractivity contribution in [2.24, 2.45) is 5.73 Å². The molecule has 0 aliphatic carbocycles. The molecule has 2 aromatic heterocycles. The Morgan fingerprint density at radius 1 is 1.31 bits per heavy atom. The first-order valence-electron chi connectivity index (χ1n) is 5.29. The molecule has 3 nitrogen and oxygen atoms in total. The van der Waals surface area contributed by atoms with Gasteiger partial charge in [0, 0.05) is 36.1 Å². The summed E-state index contributed by atoms with van der Waals surface area (Å²) in [6.07, 6.45) is 3.79. The van der Waals surface area contributed by atoms with Crippen molar-refractivity contribution in [2.75, 3.05) is 6.54 Å². The highest BCUT2D eigenvalue weighted by molar-refractivity contribution is 7.15. The van der Waals surface area contributed by atoms with Gasteiger partial charge in [-0.2, -0.15) is 0 Å². The number of rotatable bonds is 3. The van der Waals surface area contributed by atoms with Gasteiger partial charge in [-0.15, -0.1) is 11.3 Å². The number of nitrogens with zero attached hydrogens (tertiary/aromatic N) is 2. The minimum atomic E-state index is 0.331. The Kier molecular flexibility index (Phi) is 3.31. The molecule has 0 bridgehead atoms. The molecule has 2 aromatic rings. The van der Waals surface area contributed by atoms with E-state index in [9.17, 15) is 0 Å². The Morgan fingerprint density at radius 2 is 2.12 bits per heavy atom. The van der Waals surface area contributed by atoms with Crippen LogP contribution in [0.5, 0.6) is 0 Å². The Bertz CT molecular complexity index is 461. The van der Waals surface area contributed by atoms with E-state index in [0.717, 1.165) is 21.1 Å². The van der Waals surface area contributed by atoms with E-state index in [2.05, 4.69) is 23.0 Å². The van der Waals surface area contributed by atoms with E-state index < -0.39 is 0 Å². The summed E-state index contributed by atoms with van der Waals surface area (Å²) in [7, 11) is 0. The maximum atomic E-state index is 5.63. The lowest BCUT2D eigenvalue weighted by Crippen LogP contribution is -2.08. The first-order valence-corrected chi connectivity index (χ1v) is 6.11. The maximum absolute atomic E-state index is 5.63. The second-order valence-corrected chi connectivity index (χ2v) is 4.95. The van der Waals surface area contributed by atoms with Gasteiger partial charge in [0.15, 0.2) is 0 Å². The van der Waals surface area contributed by atoms with Crippen LogP contribution in [0.25, 0.3) is 10.4 Å². The lowest BCUT2D eigenvalue weighted by Gasteiger charge is -2.01. The zero-order valence-corrected chi connectivity index (χ0v) is 10.3. The number of aryl methyl sites for hydroxylation is 1. The Balaban J connectivity index is 2.28. The molecule has 0 radical (unpaired) electrons. The molecule has 1 unspecified atom stereocenters. The third-order valence-electron chi connectivity index (χ3n) is 2.49. The van der Waals surface area contributed by atoms with Crippen LogP contribution in [0.1, 0.15) is 23.5 Å². The van der Waals surface area contributed by atoms with Gasteiger partial charge in [-0.3, -0.25) is 4.98 Å². The fourth-order valence-electron chi connectivity index (χ4n) is 1.36. The van der Waals surface area contributed by atoms with Gasteiger partial charge in [-0.05, 0) is 13.0 Å². The van der Waals surface area contributed by atoms with Crippen molar-refractivity contribution in [3.05, 3.63) is 35.2 Å². The summed E-state index contributed by atoms with van der Waals surface area (Å²) >= 11 is 1.69. The molecule has 0 aliphatic rings. The van der Waals surface area contributed by atoms with Crippen LogP contribution < -0.4 is 5.73 Å². The molecule has 2 heterocycles. The third kappa shape index (κ3) is 2.28. The molecule has 0 amide bonds. The van der Waals surface area contributed by atoms with Crippen LogP contribution in [0.2, 0.25) is 0 Å². The quantitative estimate of drug-likeness (QED) is 0.886. The molecule has 4 heteroatoms. The van der Waals surface area contributed by atoms with Gasteiger partial charge in [0.05, 0.1) is 9.88 Å². The highest BCUT2D eigenvalue weighted by atomic mass is 32.1. The van der Waals surface area contributed by atoms with E-state index in [4.69, 9.17) is 5.73 Å². The van der Waals surface area contributed by atoms with Crippen molar-refractivity contribution in [1.82, 2.24) is 9.97 Å². The summed E-state index contributed by atoms with van der Waals surface area (Å²) in [4.78, 5) is 9.84. The number of hydrogen-bond donors (Lipinski definition) is 1. The van der Waals surface area contributed by atoms with Crippen molar-refractivity contribution >= 4 is 11.3 Å². The largest absolute Gasteiger partial charge is 0.330 e. The smallest absolute Gasteiger partial charge is 0.0972 e. The van der Waals surface area contributed by atoms with Crippen LogP contribution in [0.4, 0.5) is 0 Å². The van der Waals surface area contributed by atoms with Crippen molar-refractivity contribution in [3.63, 3.8) is 0 Å². The minimum absolute atomic E-state index is 0.331. The molecular formula is C12H15N3S. The molecule has 2 rings (SSSR count). The van der Waals surface area contributed by atoms with Crippen LogP contribution in [0.3, 0.4) is 0 Å². The van der Waals surface area contributed by atoms with Crippen LogP contribution in [0.15, 0.2) is 24.5 Å². The van der Waals surface area contributed by atoms with E-state index in [-0.39, 0.29) is 0 Å². The molecule has 0 fully saturated rings. The lowest BCUT2D eigenvalue weighted by atomic mass is 10.2. The molecule has 0 spiro atoms. The number of pyridine rings is 1. The fourth-order valence-corrected chi connectivity index (χ4v) is 2.34. The summed E-state index contributed by atoms with van der Waals surface area (Å²) in [5, 5.41) is 1.10. The van der Waals surface area contributed by atoms with Crippen LogP contribution in [-0.4, -0.2) is 16.5 Å². The monoisotopic (exact) mass is 233 g/mol. The second-order valence-electron chi connectivity index (χ2n) is 3.89. The third-order valence-corrected chi connectivity index (χ3v) is 3.77. The van der Waals surface area contributed by atoms with Gasteiger partial charge in [0.25, 0.3) is 0 Å². The van der Waals surface area contributed by atoms with E-state index >= 15 is 0 Å². The second kappa shape index (κ2) is 4.72. The Morgan fingerprint density at radius 3 is 2.75 bits per heavy atom. The molecule has 0 saturated heterocycles. The lowest BCUT2D eigenvalue weighted by molar-refractivity contribution is 0.766. The van der Waals surface area contributed by atoms with Gasteiger partial charge >= 0.3 is 0 Å². The molecule has 0 saturated carbocycles. The molecule has 16 heavy (non-hydrogen) atoms. The summed E-state index contributed by atoms with van der Waals surface area (Å²) < 4.78 is 0. The van der Waals surface area contributed by atoms with Crippen molar-refractivity contribution in [1.29, 1.82) is 0 Å². The van der Waals surface area contributed by atoms with E-state index in [1.54, 1.807) is 11.3 Å². The normalized spacial score (nSPS) is 12.7. The van der Waals surface area contributed by atoms with Gasteiger partial charge in [0.1, 0.15) is 0 Å². The SMILES string of the molecule is Cc1ccc(-c2cnc(C(C)CN)s2)cn1. The van der Waals surface area contributed by atoms with Gasteiger partial charge in [-0.25, -0.2) is 4.98 Å². The number of thiazole rings is 1. The molecule has 0 aliphatic heterocycles. The Labute approximate surface area is 99.4 Å². The van der Waals surface area contributed by atoms with Gasteiger partial charge in [-0.1, -0.05) is 13.0 Å². The molecule has 1 atom stereocenters. The van der Waals surface area contributed by atoms with Crippen molar-refractivity contribution < 1.29 is 0 Å². The highest BCUT2D eigenvalue weighted by Gasteiger charge is 2.09. The average Bonchev–Trinajstić information content (AvgIpc) is 2.78. The van der Waals surface area contributed by atoms with Gasteiger partial charge < -0.3 is 5.73 Å². The van der Waals surface area contributed by atoms with Crippen molar-refractivity contribution in [3.8, 4) is 10.4 Å². The average molecular weight is 233 g/mol. The first kappa shape index (κ1) is 11.2. The highest BCUT2D eigenvalue weighted by Crippen LogP contribution is 2.29. The first-order chi connectivity index (χ1) is 7.70. The van der Waals surface area contributed by atoms with Crippen molar-refractivity contribution in [2.45, 2.75) is 19.8 Å². The molecule has 2 N–H and O–H groups in total. The van der Waals surface area contributed by atoms with Crippen LogP contribution >= 0.6 is 11.3 Å². The molecule has 0 aromatic carbocycles. The van der Waals surface area contributed by atoms with Crippen LogP contribution in [-0.2, 0) is 0 Å². The summed E-state index contributed by atoms with van der Waals surface area (Å²) in [6.45, 7) is 4.72. The van der Waals surface area contributed by atoms with E-state index in [0.29, 0.717) is 12.5 Å². The standard InChI is InChI=1S/C12H15N3S/c1-8(5-13)12-15-7-11(16-12)10-4-3-9(2)14-6-10/h3-4,6-8H,5,13H2,1-2H3. The summed E-state index contributed by atoms with van der Waals surface area (Å²) in [5.74, 6) is 0.331. The maximum Gasteiger partial charge on any atom is 0.0972 e. The van der Waals surface area contributed by atoms with E-state index in [1.165, 1.54) is 0 Å². The summed E-state index contributed by atoms with van der Waals surface area (Å²) in [6, 6.07) is 4.09. The number of aromatic nitrogens is 2. The van der Waals surface area contributed by atoms with Gasteiger partial charge in [0.2, 0.25) is 0 Å². The fraction of sp³-hybridized carbons (Fsp3) is 0.333. The predicted octanol–water partition coefficient (Wildman–Crippen LogP) is 2.58. The summed E-state index contributed by atoms with van der Waals surface area (Å²) in [5.41, 5.74) is 7.78. The molecular weight excluding hydrogens is 218 g/mol. The van der Waals surface area contributed by atoms with Crippen LogP contribution in [0, 0.1) is 6.92 Å². The zero-order valence-electron chi connectivity index (χ0n) is 9.47. The predicted molar refractivity (Wildman–Crippen MR) is 67.6 cm³/mol. The number of nitrogens with two attached hydrogens (primary N) is 1. The van der Waals surface area contributed by atoms with E-state index in [1.807, 2.05) is 25.4 Å². The Hall–Kier alpha value is -1.26. The minimum Gasteiger partial charge on any atom is -0.330 e. The molecule has 84 valence electrons.